The second kappa shape index (κ2) is 8.09. The molecule has 2 rings (SSSR count). The van der Waals surface area contributed by atoms with Crippen LogP contribution in [0.5, 0.6) is 0 Å². The zero-order chi connectivity index (χ0) is 16.2. The summed E-state index contributed by atoms with van der Waals surface area (Å²) in [7, 11) is -3.65. The Kier molecular flexibility index (Phi) is 6.69. The molecule has 0 radical (unpaired) electrons. The van der Waals surface area contributed by atoms with E-state index in [4.69, 9.17) is 10.2 Å². The third kappa shape index (κ3) is 4.67. The van der Waals surface area contributed by atoms with E-state index in [1.165, 1.54) is 11.3 Å². The SMILES string of the molecule is CCCN[C@H]1CN(CCCCO)Sc2sc(S(N)(=O)=O)cc21. The van der Waals surface area contributed by atoms with Gasteiger partial charge in [0.15, 0.2) is 0 Å². The molecule has 9 heteroatoms. The Hall–Kier alpha value is -0.160. The van der Waals surface area contributed by atoms with Gasteiger partial charge in [0.25, 0.3) is 0 Å². The Labute approximate surface area is 140 Å². The number of sulfonamides is 1. The minimum absolute atomic E-state index is 0.122. The zero-order valence-corrected chi connectivity index (χ0v) is 15.1. The molecular weight excluding hydrogens is 342 g/mol. The maximum absolute atomic E-state index is 11.6. The fourth-order valence-corrected chi connectivity index (χ4v) is 5.88. The highest BCUT2D eigenvalue weighted by molar-refractivity contribution is 7.99. The number of aliphatic hydroxyl groups is 1. The summed E-state index contributed by atoms with van der Waals surface area (Å²) in [4.78, 5) is 0. The molecule has 0 aliphatic carbocycles. The molecule has 0 saturated carbocycles. The molecule has 6 nitrogen and oxygen atoms in total. The van der Waals surface area contributed by atoms with Crippen LogP contribution < -0.4 is 10.5 Å². The average molecular weight is 366 g/mol. The summed E-state index contributed by atoms with van der Waals surface area (Å²) >= 11 is 2.83. The van der Waals surface area contributed by atoms with E-state index in [0.717, 1.165) is 48.7 Å². The Morgan fingerprint density at radius 3 is 2.91 bits per heavy atom. The molecule has 1 aromatic heterocycles. The number of nitrogens with zero attached hydrogens (tertiary/aromatic N) is 1. The number of rotatable bonds is 8. The summed E-state index contributed by atoms with van der Waals surface area (Å²) in [6, 6.07) is 1.83. The van der Waals surface area contributed by atoms with Gasteiger partial charge in [0.1, 0.15) is 4.21 Å². The number of unbranched alkanes of at least 4 members (excludes halogenated alkanes) is 1. The van der Waals surface area contributed by atoms with Gasteiger partial charge in [-0.3, -0.25) is 0 Å². The van der Waals surface area contributed by atoms with E-state index in [9.17, 15) is 8.42 Å². The first-order chi connectivity index (χ1) is 10.5. The van der Waals surface area contributed by atoms with Gasteiger partial charge in [0.05, 0.1) is 4.21 Å². The summed E-state index contributed by atoms with van der Waals surface area (Å²) in [6.45, 7) is 4.89. The minimum atomic E-state index is -3.65. The highest BCUT2D eigenvalue weighted by Gasteiger charge is 2.29. The molecule has 4 N–H and O–H groups in total. The van der Waals surface area contributed by atoms with Crippen LogP contribution in [0.3, 0.4) is 0 Å². The number of nitrogens with two attached hydrogens (primary N) is 1. The van der Waals surface area contributed by atoms with E-state index >= 15 is 0 Å². The quantitative estimate of drug-likeness (QED) is 0.478. The van der Waals surface area contributed by atoms with E-state index in [0.29, 0.717) is 0 Å². The summed E-state index contributed by atoms with van der Waals surface area (Å²) in [5.41, 5.74) is 1.03. The predicted molar refractivity (Wildman–Crippen MR) is 90.5 cm³/mol. The fraction of sp³-hybridized carbons (Fsp3) is 0.692. The fourth-order valence-electron chi connectivity index (χ4n) is 2.31. The highest BCUT2D eigenvalue weighted by atomic mass is 32.3. The van der Waals surface area contributed by atoms with Gasteiger partial charge in [-0.25, -0.2) is 17.9 Å². The summed E-state index contributed by atoms with van der Waals surface area (Å²) < 4.78 is 26.6. The van der Waals surface area contributed by atoms with Crippen LogP contribution in [0.2, 0.25) is 0 Å². The lowest BCUT2D eigenvalue weighted by atomic mass is 10.1. The monoisotopic (exact) mass is 365 g/mol. The Balaban J connectivity index is 2.18. The van der Waals surface area contributed by atoms with Crippen LogP contribution in [0, 0.1) is 0 Å². The number of aliphatic hydroxyl groups excluding tert-OH is 1. The first kappa shape index (κ1) is 18.2. The molecule has 0 fully saturated rings. The second-order valence-electron chi connectivity index (χ2n) is 5.27. The maximum atomic E-state index is 11.6. The van der Waals surface area contributed by atoms with Crippen LogP contribution in [0.25, 0.3) is 0 Å². The summed E-state index contributed by atoms with van der Waals surface area (Å²) in [5, 5.41) is 17.6. The van der Waals surface area contributed by atoms with Crippen molar-refractivity contribution in [3.8, 4) is 0 Å². The van der Waals surface area contributed by atoms with Crippen molar-refractivity contribution in [3.63, 3.8) is 0 Å². The van der Waals surface area contributed by atoms with Crippen LogP contribution in [-0.4, -0.2) is 44.1 Å². The molecule has 0 spiro atoms. The standard InChI is InChI=1S/C13H23N3O3S3/c1-2-5-15-11-9-16(6-3-4-7-17)21-13-10(11)8-12(20-13)22(14,18)19/h8,11,15,17H,2-7,9H2,1H3,(H2,14,18,19)/t11-/m0/s1. The molecule has 22 heavy (non-hydrogen) atoms. The van der Waals surface area contributed by atoms with Gasteiger partial charge in [-0.15, -0.1) is 11.3 Å². The van der Waals surface area contributed by atoms with Crippen molar-refractivity contribution in [1.82, 2.24) is 9.62 Å². The molecule has 0 saturated heterocycles. The number of fused-ring (bicyclic) bond motifs is 1. The van der Waals surface area contributed by atoms with E-state index in [1.54, 1.807) is 18.0 Å². The van der Waals surface area contributed by atoms with Gasteiger partial charge >= 0.3 is 0 Å². The third-order valence-corrected chi connectivity index (χ3v) is 7.24. The van der Waals surface area contributed by atoms with Crippen LogP contribution in [0.1, 0.15) is 37.8 Å². The Bertz CT molecular complexity index is 589. The second-order valence-corrected chi connectivity index (χ2v) is 9.48. The van der Waals surface area contributed by atoms with Crippen LogP contribution >= 0.6 is 23.3 Å². The van der Waals surface area contributed by atoms with Crippen molar-refractivity contribution < 1.29 is 13.5 Å². The van der Waals surface area contributed by atoms with Gasteiger partial charge < -0.3 is 10.4 Å². The van der Waals surface area contributed by atoms with Crippen LogP contribution in [-0.2, 0) is 10.0 Å². The number of primary sulfonamides is 1. The van der Waals surface area contributed by atoms with E-state index in [2.05, 4.69) is 16.5 Å². The number of nitrogens with one attached hydrogen (secondary N) is 1. The molecular formula is C13H23N3O3S3. The topological polar surface area (TPSA) is 95.7 Å². The molecule has 1 aliphatic heterocycles. The van der Waals surface area contributed by atoms with E-state index in [-0.39, 0.29) is 16.9 Å². The van der Waals surface area contributed by atoms with Crippen molar-refractivity contribution in [2.75, 3.05) is 26.2 Å². The molecule has 0 unspecified atom stereocenters. The van der Waals surface area contributed by atoms with Crippen molar-refractivity contribution in [3.05, 3.63) is 11.6 Å². The molecule has 1 aliphatic rings. The summed E-state index contributed by atoms with van der Waals surface area (Å²) in [5.74, 6) is 0. The molecule has 0 bridgehead atoms. The zero-order valence-electron chi connectivity index (χ0n) is 12.6. The van der Waals surface area contributed by atoms with Gasteiger partial charge in [0, 0.05) is 25.7 Å². The Morgan fingerprint density at radius 1 is 1.50 bits per heavy atom. The largest absolute Gasteiger partial charge is 0.396 e. The van der Waals surface area contributed by atoms with Gasteiger partial charge in [0.2, 0.25) is 10.0 Å². The first-order valence-corrected chi connectivity index (χ1v) is 10.5. The smallest absolute Gasteiger partial charge is 0.247 e. The van der Waals surface area contributed by atoms with Gasteiger partial charge in [-0.05, 0) is 49.4 Å². The van der Waals surface area contributed by atoms with E-state index in [1.807, 2.05) is 0 Å². The third-order valence-electron chi connectivity index (χ3n) is 3.41. The average Bonchev–Trinajstić information content (AvgIpc) is 2.89. The summed E-state index contributed by atoms with van der Waals surface area (Å²) in [6.07, 6.45) is 2.73. The van der Waals surface area contributed by atoms with Crippen LogP contribution in [0.4, 0.5) is 0 Å². The molecule has 1 aromatic rings. The van der Waals surface area contributed by atoms with Crippen molar-refractivity contribution in [1.29, 1.82) is 0 Å². The Morgan fingerprint density at radius 2 is 2.27 bits per heavy atom. The molecule has 0 amide bonds. The van der Waals surface area contributed by atoms with Gasteiger partial charge in [-0.2, -0.15) is 0 Å². The van der Waals surface area contributed by atoms with Crippen LogP contribution in [0.15, 0.2) is 14.5 Å². The maximum Gasteiger partial charge on any atom is 0.247 e. The lowest BCUT2D eigenvalue weighted by Crippen LogP contribution is -2.35. The molecule has 1 atom stereocenters. The lowest BCUT2D eigenvalue weighted by Gasteiger charge is -2.32. The normalized spacial score (nSPS) is 19.3. The highest BCUT2D eigenvalue weighted by Crippen LogP contribution is 2.43. The molecule has 126 valence electrons. The number of hydrogen-bond acceptors (Lipinski definition) is 7. The number of hydrogen-bond donors (Lipinski definition) is 3. The molecule has 2 heterocycles. The minimum Gasteiger partial charge on any atom is -0.396 e. The number of thiophene rings is 1. The first-order valence-electron chi connectivity index (χ1n) is 7.39. The lowest BCUT2D eigenvalue weighted by molar-refractivity contribution is 0.275. The van der Waals surface area contributed by atoms with Crippen molar-refractivity contribution in [2.45, 2.75) is 40.6 Å². The van der Waals surface area contributed by atoms with Crippen molar-refractivity contribution >= 4 is 33.3 Å². The predicted octanol–water partition coefficient (Wildman–Crippen LogP) is 1.53. The molecule has 0 aromatic carbocycles. The van der Waals surface area contributed by atoms with Crippen molar-refractivity contribution in [2.24, 2.45) is 5.14 Å². The van der Waals surface area contributed by atoms with Gasteiger partial charge in [-0.1, -0.05) is 6.92 Å². The van der Waals surface area contributed by atoms with E-state index < -0.39 is 10.0 Å².